The second kappa shape index (κ2) is 2.48. The van der Waals surface area contributed by atoms with Crippen molar-refractivity contribution in [3.8, 4) is 11.5 Å². The smallest absolute Gasteiger partial charge is 0.275 e. The summed E-state index contributed by atoms with van der Waals surface area (Å²) in [6, 6.07) is 2.81. The number of hydrogen-bond donors (Lipinski definition) is 3. The van der Waals surface area contributed by atoms with Crippen LogP contribution in [0.2, 0.25) is 0 Å². The van der Waals surface area contributed by atoms with E-state index in [0.29, 0.717) is 5.39 Å². The minimum absolute atomic E-state index is 0.0509. The number of nitrogens with zero attached hydrogens (tertiary/aromatic N) is 1. The molecule has 1 heterocycles. The zero-order chi connectivity index (χ0) is 9.42. The predicted octanol–water partition coefficient (Wildman–Crippen LogP) is 0.334. The molecule has 3 N–H and O–H groups in total. The van der Waals surface area contributed by atoms with Gasteiger partial charge >= 0.3 is 0 Å². The molecule has 0 spiro atoms. The van der Waals surface area contributed by atoms with Gasteiger partial charge in [-0.2, -0.15) is 5.10 Å². The van der Waals surface area contributed by atoms with E-state index in [1.165, 1.54) is 18.3 Å². The maximum atomic E-state index is 11.2. The molecule has 1 aromatic heterocycles. The first kappa shape index (κ1) is 7.60. The monoisotopic (exact) mass is 178 g/mol. The molecule has 2 aromatic rings. The number of nitrogens with one attached hydrogen (secondary N) is 1. The third-order valence-electron chi connectivity index (χ3n) is 1.79. The molecule has 0 aliphatic heterocycles. The van der Waals surface area contributed by atoms with Gasteiger partial charge in [-0.3, -0.25) is 4.79 Å². The fourth-order valence-corrected chi connectivity index (χ4v) is 1.16. The van der Waals surface area contributed by atoms with Crippen LogP contribution >= 0.6 is 0 Å². The Morgan fingerprint density at radius 1 is 1.31 bits per heavy atom. The molecule has 13 heavy (non-hydrogen) atoms. The van der Waals surface area contributed by atoms with Crippen LogP contribution in [0.1, 0.15) is 0 Å². The average molecular weight is 178 g/mol. The van der Waals surface area contributed by atoms with Gasteiger partial charge in [-0.25, -0.2) is 5.10 Å². The van der Waals surface area contributed by atoms with Crippen LogP contribution < -0.4 is 5.56 Å². The highest BCUT2D eigenvalue weighted by Crippen LogP contribution is 2.30. The van der Waals surface area contributed by atoms with Crippen LogP contribution in [0, 0.1) is 0 Å². The quantitative estimate of drug-likeness (QED) is 0.507. The number of aromatic hydroxyl groups is 2. The molecule has 0 saturated carbocycles. The summed E-state index contributed by atoms with van der Waals surface area (Å²) in [5.41, 5.74) is -0.522. The number of aromatic nitrogens is 2. The molecule has 0 bridgehead atoms. The number of hydrogen-bond acceptors (Lipinski definition) is 4. The first-order valence-electron chi connectivity index (χ1n) is 3.58. The van der Waals surface area contributed by atoms with E-state index in [-0.39, 0.29) is 11.1 Å². The van der Waals surface area contributed by atoms with E-state index in [1.807, 2.05) is 0 Å². The molecule has 0 atom stereocenters. The molecular formula is C8H6N2O3. The number of phenolic OH excluding ortho intramolecular Hbond substituents is 2. The third kappa shape index (κ3) is 1.01. The lowest BCUT2D eigenvalue weighted by molar-refractivity contribution is 0.408. The van der Waals surface area contributed by atoms with Gasteiger partial charge < -0.3 is 10.2 Å². The van der Waals surface area contributed by atoms with Gasteiger partial charge in [-0.15, -0.1) is 0 Å². The summed E-state index contributed by atoms with van der Waals surface area (Å²) in [7, 11) is 0. The van der Waals surface area contributed by atoms with Crippen molar-refractivity contribution in [1.82, 2.24) is 10.2 Å². The Bertz CT molecular complexity index is 518. The standard InChI is InChI=1S/C8H6N2O3/c11-5-2-1-4-3-9-10-8(13)6(4)7(5)12/h1-3,11-12H,(H,10,13). The van der Waals surface area contributed by atoms with E-state index in [2.05, 4.69) is 10.2 Å². The lowest BCUT2D eigenvalue weighted by atomic mass is 10.2. The topological polar surface area (TPSA) is 86.2 Å². The number of H-pyrrole nitrogens is 1. The van der Waals surface area contributed by atoms with Crippen LogP contribution in [0.3, 0.4) is 0 Å². The highest BCUT2D eigenvalue weighted by Gasteiger charge is 2.08. The van der Waals surface area contributed by atoms with Crippen molar-refractivity contribution < 1.29 is 10.2 Å². The van der Waals surface area contributed by atoms with Gasteiger partial charge in [0.25, 0.3) is 5.56 Å². The van der Waals surface area contributed by atoms with Crippen molar-refractivity contribution in [1.29, 1.82) is 0 Å². The van der Waals surface area contributed by atoms with Crippen LogP contribution in [0.25, 0.3) is 10.8 Å². The number of benzene rings is 1. The highest BCUT2D eigenvalue weighted by atomic mass is 16.3. The van der Waals surface area contributed by atoms with Gasteiger partial charge in [0.2, 0.25) is 0 Å². The lowest BCUT2D eigenvalue weighted by Gasteiger charge is -2.00. The third-order valence-corrected chi connectivity index (χ3v) is 1.79. The van der Waals surface area contributed by atoms with Crippen LogP contribution in [-0.4, -0.2) is 20.4 Å². The Balaban J connectivity index is 3.06. The SMILES string of the molecule is O=c1[nH]ncc2ccc(O)c(O)c12. The van der Waals surface area contributed by atoms with E-state index >= 15 is 0 Å². The molecule has 0 fully saturated rings. The average Bonchev–Trinajstić information content (AvgIpc) is 2.12. The summed E-state index contributed by atoms with van der Waals surface area (Å²) in [5, 5.41) is 24.7. The Morgan fingerprint density at radius 2 is 2.08 bits per heavy atom. The van der Waals surface area contributed by atoms with Crippen molar-refractivity contribution in [2.45, 2.75) is 0 Å². The molecule has 0 radical (unpaired) electrons. The predicted molar refractivity (Wildman–Crippen MR) is 45.7 cm³/mol. The molecule has 5 nitrogen and oxygen atoms in total. The largest absolute Gasteiger partial charge is 0.504 e. The zero-order valence-corrected chi connectivity index (χ0v) is 6.48. The number of rotatable bonds is 0. The molecule has 0 unspecified atom stereocenters. The van der Waals surface area contributed by atoms with E-state index in [4.69, 9.17) is 5.11 Å². The van der Waals surface area contributed by atoms with E-state index < -0.39 is 11.3 Å². The van der Waals surface area contributed by atoms with Crippen molar-refractivity contribution in [3.05, 3.63) is 28.7 Å². The second-order valence-electron chi connectivity index (χ2n) is 2.60. The Kier molecular flexibility index (Phi) is 1.45. The van der Waals surface area contributed by atoms with Crippen LogP contribution in [-0.2, 0) is 0 Å². The second-order valence-corrected chi connectivity index (χ2v) is 2.60. The molecule has 5 heteroatoms. The highest BCUT2D eigenvalue weighted by molar-refractivity contribution is 5.88. The lowest BCUT2D eigenvalue weighted by Crippen LogP contribution is -2.07. The maximum absolute atomic E-state index is 11.2. The van der Waals surface area contributed by atoms with Gasteiger partial charge in [0, 0.05) is 5.39 Å². The summed E-state index contributed by atoms with van der Waals surface area (Å²) >= 11 is 0. The van der Waals surface area contributed by atoms with Crippen molar-refractivity contribution >= 4 is 10.8 Å². The van der Waals surface area contributed by atoms with Gasteiger partial charge in [-0.05, 0) is 12.1 Å². The van der Waals surface area contributed by atoms with Crippen LogP contribution in [0.4, 0.5) is 0 Å². The maximum Gasteiger partial charge on any atom is 0.275 e. The summed E-state index contributed by atoms with van der Waals surface area (Å²) < 4.78 is 0. The zero-order valence-electron chi connectivity index (χ0n) is 6.48. The van der Waals surface area contributed by atoms with Gasteiger partial charge in [0.1, 0.15) is 0 Å². The summed E-state index contributed by atoms with van der Waals surface area (Å²) in [5.74, 6) is -0.731. The molecule has 66 valence electrons. The number of phenols is 2. The van der Waals surface area contributed by atoms with Gasteiger partial charge in [-0.1, -0.05) is 0 Å². The van der Waals surface area contributed by atoms with E-state index in [0.717, 1.165) is 0 Å². The molecule has 0 saturated heterocycles. The summed E-state index contributed by atoms with van der Waals surface area (Å²) in [6.45, 7) is 0. The minimum atomic E-state index is -0.522. The number of aromatic amines is 1. The summed E-state index contributed by atoms with van der Waals surface area (Å²) in [6.07, 6.45) is 1.40. The normalized spacial score (nSPS) is 10.5. The van der Waals surface area contributed by atoms with Crippen LogP contribution in [0.15, 0.2) is 23.1 Å². The molecule has 1 aromatic carbocycles. The van der Waals surface area contributed by atoms with Crippen LogP contribution in [0.5, 0.6) is 11.5 Å². The number of fused-ring (bicyclic) bond motifs is 1. The van der Waals surface area contributed by atoms with Crippen molar-refractivity contribution in [2.24, 2.45) is 0 Å². The molecule has 0 aliphatic rings. The minimum Gasteiger partial charge on any atom is -0.504 e. The first-order valence-corrected chi connectivity index (χ1v) is 3.58. The molecule has 0 amide bonds. The first-order chi connectivity index (χ1) is 6.20. The Labute approximate surface area is 72.3 Å². The fourth-order valence-electron chi connectivity index (χ4n) is 1.16. The van der Waals surface area contributed by atoms with E-state index in [1.54, 1.807) is 0 Å². The van der Waals surface area contributed by atoms with Crippen molar-refractivity contribution in [3.63, 3.8) is 0 Å². The Hall–Kier alpha value is -2.04. The van der Waals surface area contributed by atoms with Gasteiger partial charge in [0.05, 0.1) is 11.6 Å². The fraction of sp³-hybridized carbons (Fsp3) is 0. The Morgan fingerprint density at radius 3 is 2.85 bits per heavy atom. The molecular weight excluding hydrogens is 172 g/mol. The van der Waals surface area contributed by atoms with E-state index in [9.17, 15) is 9.90 Å². The molecule has 2 rings (SSSR count). The van der Waals surface area contributed by atoms with Gasteiger partial charge in [0.15, 0.2) is 11.5 Å². The van der Waals surface area contributed by atoms with Crippen molar-refractivity contribution in [2.75, 3.05) is 0 Å². The molecule has 0 aliphatic carbocycles. The summed E-state index contributed by atoms with van der Waals surface area (Å²) in [4.78, 5) is 11.2.